The molecular weight excluding hydrogens is 496 g/mol. The number of nitrogens with one attached hydrogen (secondary N) is 4. The zero-order valence-corrected chi connectivity index (χ0v) is 21.0. The fourth-order valence-electron chi connectivity index (χ4n) is 4.49. The van der Waals surface area contributed by atoms with Crippen molar-refractivity contribution in [1.29, 1.82) is 0 Å². The number of nitrogens with two attached hydrogens (primary N) is 1. The third-order valence-corrected chi connectivity index (χ3v) is 6.58. The number of para-hydroxylation sites is 1. The van der Waals surface area contributed by atoms with E-state index in [4.69, 9.17) is 5.73 Å². The van der Waals surface area contributed by atoms with Crippen LogP contribution in [0.1, 0.15) is 27.9 Å². The van der Waals surface area contributed by atoms with E-state index in [0.29, 0.717) is 36.4 Å². The highest BCUT2D eigenvalue weighted by Gasteiger charge is 2.24. The first kappa shape index (κ1) is 25.7. The van der Waals surface area contributed by atoms with Crippen molar-refractivity contribution in [2.45, 2.75) is 25.4 Å². The first-order valence-electron chi connectivity index (χ1n) is 12.6. The quantitative estimate of drug-likeness (QED) is 0.164. The Bertz CT molecular complexity index is 1650. The number of aromatic amines is 2. The minimum absolute atomic E-state index is 0.276. The lowest BCUT2D eigenvalue weighted by Crippen LogP contribution is -2.48. The molecule has 5 aromatic rings. The number of benzene rings is 3. The molecule has 0 radical (unpaired) electrons. The Morgan fingerprint density at radius 3 is 2.56 bits per heavy atom. The van der Waals surface area contributed by atoms with Crippen LogP contribution in [0.4, 0.5) is 0 Å². The van der Waals surface area contributed by atoms with Gasteiger partial charge >= 0.3 is 5.97 Å². The normalized spacial score (nSPS) is 11.9. The first-order chi connectivity index (χ1) is 18.9. The number of aliphatic carboxylic acids is 1. The lowest BCUT2D eigenvalue weighted by Gasteiger charge is -2.17. The molecule has 0 unspecified atom stereocenters. The van der Waals surface area contributed by atoms with E-state index >= 15 is 0 Å². The van der Waals surface area contributed by atoms with Crippen LogP contribution in [-0.4, -0.2) is 50.4 Å². The number of carbonyl (C=O) groups is 3. The Kier molecular flexibility index (Phi) is 7.37. The second kappa shape index (κ2) is 11.2. The van der Waals surface area contributed by atoms with Gasteiger partial charge in [-0.1, -0.05) is 42.5 Å². The van der Waals surface area contributed by atoms with Crippen molar-refractivity contribution in [2.75, 3.05) is 6.54 Å². The van der Waals surface area contributed by atoms with Crippen molar-refractivity contribution in [3.8, 4) is 11.4 Å². The molecule has 0 spiro atoms. The molecule has 5 rings (SSSR count). The molecule has 0 fully saturated rings. The summed E-state index contributed by atoms with van der Waals surface area (Å²) >= 11 is 0. The number of fused-ring (bicyclic) bond motifs is 2. The van der Waals surface area contributed by atoms with Gasteiger partial charge in [-0.25, -0.2) is 4.98 Å². The number of carboxylic acids is 1. The molecule has 0 bridgehead atoms. The second-order valence-electron chi connectivity index (χ2n) is 9.24. The maximum Gasteiger partial charge on any atom is 0.305 e. The van der Waals surface area contributed by atoms with Crippen molar-refractivity contribution in [3.05, 3.63) is 89.6 Å². The van der Waals surface area contributed by atoms with Gasteiger partial charge in [0, 0.05) is 41.3 Å². The molecule has 10 heteroatoms. The zero-order chi connectivity index (χ0) is 27.4. The van der Waals surface area contributed by atoms with E-state index in [-0.39, 0.29) is 5.56 Å². The van der Waals surface area contributed by atoms with Gasteiger partial charge in [0.1, 0.15) is 11.9 Å². The molecule has 0 saturated carbocycles. The van der Waals surface area contributed by atoms with E-state index in [1.165, 1.54) is 0 Å². The lowest BCUT2D eigenvalue weighted by atomic mass is 10.1. The smallest absolute Gasteiger partial charge is 0.305 e. The van der Waals surface area contributed by atoms with Gasteiger partial charge in [0.05, 0.1) is 17.5 Å². The Balaban J connectivity index is 1.25. The van der Waals surface area contributed by atoms with Crippen LogP contribution >= 0.6 is 0 Å². The Morgan fingerprint density at radius 1 is 1.00 bits per heavy atom. The SMILES string of the molecule is NCc1ccc(-c2nc3ccc(C(=O)N[C@@H](CC(=O)O)C(=O)NCCc4c[nH]c5ccccc45)cc3[nH]2)cc1. The monoisotopic (exact) mass is 524 g/mol. The number of hydrogen-bond acceptors (Lipinski definition) is 5. The molecule has 1 atom stereocenters. The van der Waals surface area contributed by atoms with Crippen molar-refractivity contribution in [2.24, 2.45) is 5.73 Å². The molecule has 0 saturated heterocycles. The summed E-state index contributed by atoms with van der Waals surface area (Å²) in [4.78, 5) is 48.3. The summed E-state index contributed by atoms with van der Waals surface area (Å²) in [5, 5.41) is 15.7. The summed E-state index contributed by atoms with van der Waals surface area (Å²) < 4.78 is 0. The predicted molar refractivity (Wildman–Crippen MR) is 148 cm³/mol. The maximum atomic E-state index is 13.0. The highest BCUT2D eigenvalue weighted by atomic mass is 16.4. The fourth-order valence-corrected chi connectivity index (χ4v) is 4.49. The topological polar surface area (TPSA) is 166 Å². The number of nitrogens with zero attached hydrogens (tertiary/aromatic N) is 1. The maximum absolute atomic E-state index is 13.0. The Hall–Kier alpha value is -4.96. The van der Waals surface area contributed by atoms with Gasteiger partial charge in [0.15, 0.2) is 0 Å². The molecule has 3 aromatic carbocycles. The summed E-state index contributed by atoms with van der Waals surface area (Å²) in [6.45, 7) is 0.742. The molecule has 198 valence electrons. The summed E-state index contributed by atoms with van der Waals surface area (Å²) in [6, 6.07) is 19.2. The molecular formula is C29H28N6O4. The number of carboxylic acid groups (broad SMARTS) is 1. The second-order valence-corrected chi connectivity index (χ2v) is 9.24. The molecule has 0 aliphatic carbocycles. The molecule has 10 nitrogen and oxygen atoms in total. The highest BCUT2D eigenvalue weighted by molar-refractivity contribution is 6.00. The average Bonchev–Trinajstić information content (AvgIpc) is 3.56. The third kappa shape index (κ3) is 5.81. The number of carbonyl (C=O) groups excluding carboxylic acids is 2. The summed E-state index contributed by atoms with van der Waals surface area (Å²) in [6.07, 6.45) is 1.90. The van der Waals surface area contributed by atoms with Gasteiger partial charge in [-0.3, -0.25) is 14.4 Å². The number of H-pyrrole nitrogens is 2. The molecule has 0 aliphatic heterocycles. The summed E-state index contributed by atoms with van der Waals surface area (Å²) in [5.74, 6) is -1.67. The molecule has 0 aliphatic rings. The van der Waals surface area contributed by atoms with E-state index in [0.717, 1.165) is 27.6 Å². The van der Waals surface area contributed by atoms with E-state index in [1.807, 2.05) is 54.7 Å². The van der Waals surface area contributed by atoms with Crippen LogP contribution in [0.5, 0.6) is 0 Å². The zero-order valence-electron chi connectivity index (χ0n) is 21.0. The van der Waals surface area contributed by atoms with Gasteiger partial charge in [-0.05, 0) is 41.8 Å². The largest absolute Gasteiger partial charge is 0.481 e. The number of hydrogen-bond donors (Lipinski definition) is 6. The first-order valence-corrected chi connectivity index (χ1v) is 12.6. The van der Waals surface area contributed by atoms with Gasteiger partial charge in [-0.2, -0.15) is 0 Å². The van der Waals surface area contributed by atoms with Crippen LogP contribution in [0.25, 0.3) is 33.3 Å². The standard InChI is InChI=1S/C29H28N6O4/c30-15-17-5-7-18(8-6-17)27-33-23-10-9-19(13-24(23)34-27)28(38)35-25(14-26(36)37)29(39)31-12-11-20-16-32-22-4-2-1-3-21(20)22/h1-10,13,16,25,32H,11-12,14-15,30H2,(H,31,39)(H,33,34)(H,35,38)(H,36,37)/t25-/m0/s1. The number of amides is 2. The lowest BCUT2D eigenvalue weighted by molar-refractivity contribution is -0.139. The Labute approximate surface area is 223 Å². The van der Waals surface area contributed by atoms with E-state index < -0.39 is 30.2 Å². The molecule has 7 N–H and O–H groups in total. The van der Waals surface area contributed by atoms with Crippen LogP contribution < -0.4 is 16.4 Å². The summed E-state index contributed by atoms with van der Waals surface area (Å²) in [5.41, 5.74) is 11.2. The van der Waals surface area contributed by atoms with E-state index in [1.54, 1.807) is 18.2 Å². The van der Waals surface area contributed by atoms with Crippen LogP contribution in [0.3, 0.4) is 0 Å². The van der Waals surface area contributed by atoms with Crippen molar-refractivity contribution >= 4 is 39.7 Å². The van der Waals surface area contributed by atoms with Gasteiger partial charge in [-0.15, -0.1) is 0 Å². The van der Waals surface area contributed by atoms with Crippen LogP contribution in [0.2, 0.25) is 0 Å². The van der Waals surface area contributed by atoms with E-state index in [9.17, 15) is 19.5 Å². The molecule has 2 heterocycles. The Morgan fingerprint density at radius 2 is 1.79 bits per heavy atom. The van der Waals surface area contributed by atoms with Gasteiger partial charge < -0.3 is 31.4 Å². The minimum atomic E-state index is -1.23. The number of rotatable bonds is 10. The van der Waals surface area contributed by atoms with Crippen LogP contribution in [-0.2, 0) is 22.6 Å². The molecule has 39 heavy (non-hydrogen) atoms. The average molecular weight is 525 g/mol. The van der Waals surface area contributed by atoms with E-state index in [2.05, 4.69) is 25.6 Å². The fraction of sp³-hybridized carbons (Fsp3) is 0.172. The minimum Gasteiger partial charge on any atom is -0.481 e. The van der Waals surface area contributed by atoms with Crippen molar-refractivity contribution < 1.29 is 19.5 Å². The van der Waals surface area contributed by atoms with Crippen molar-refractivity contribution in [3.63, 3.8) is 0 Å². The molecule has 2 aromatic heterocycles. The van der Waals surface area contributed by atoms with Crippen LogP contribution in [0.15, 0.2) is 72.9 Å². The van der Waals surface area contributed by atoms with Gasteiger partial charge in [0.25, 0.3) is 5.91 Å². The predicted octanol–water partition coefficient (Wildman–Crippen LogP) is 3.10. The van der Waals surface area contributed by atoms with Gasteiger partial charge in [0.2, 0.25) is 5.91 Å². The van der Waals surface area contributed by atoms with Crippen LogP contribution in [0, 0.1) is 0 Å². The summed E-state index contributed by atoms with van der Waals surface area (Å²) in [7, 11) is 0. The third-order valence-electron chi connectivity index (χ3n) is 6.58. The number of imidazole rings is 1. The van der Waals surface area contributed by atoms with Crippen molar-refractivity contribution in [1.82, 2.24) is 25.6 Å². The number of aromatic nitrogens is 3. The molecule has 2 amide bonds. The highest BCUT2D eigenvalue weighted by Crippen LogP contribution is 2.22.